The zero-order valence-corrected chi connectivity index (χ0v) is 25.9. The summed E-state index contributed by atoms with van der Waals surface area (Å²) in [5, 5.41) is 10.8. The first-order chi connectivity index (χ1) is 21.8. The molecule has 5 nitrogen and oxygen atoms in total. The van der Waals surface area contributed by atoms with E-state index < -0.39 is 0 Å². The van der Waals surface area contributed by atoms with Crippen molar-refractivity contribution in [2.75, 3.05) is 0 Å². The van der Waals surface area contributed by atoms with Crippen LogP contribution in [0.1, 0.15) is 26.3 Å². The molecule has 5 heteroatoms. The summed E-state index contributed by atoms with van der Waals surface area (Å²) in [7, 11) is 1.95. The van der Waals surface area contributed by atoms with E-state index in [2.05, 4.69) is 111 Å². The molecule has 0 spiro atoms. The first-order valence-electron chi connectivity index (χ1n) is 15.1. The monoisotopic (exact) mass is 586 g/mol. The molecule has 0 saturated carbocycles. The zero-order valence-electron chi connectivity index (χ0n) is 25.9. The van der Waals surface area contributed by atoms with Gasteiger partial charge in [-0.25, -0.2) is 9.97 Å². The molecule has 0 radical (unpaired) electrons. The van der Waals surface area contributed by atoms with Gasteiger partial charge in [-0.1, -0.05) is 99.6 Å². The highest BCUT2D eigenvalue weighted by atomic mass is 16.3. The van der Waals surface area contributed by atoms with Crippen molar-refractivity contribution < 1.29 is 5.11 Å². The predicted molar refractivity (Wildman–Crippen MR) is 184 cm³/mol. The Morgan fingerprint density at radius 3 is 2.00 bits per heavy atom. The van der Waals surface area contributed by atoms with Gasteiger partial charge in [0.2, 0.25) is 0 Å². The lowest BCUT2D eigenvalue weighted by Crippen LogP contribution is -2.11. The van der Waals surface area contributed by atoms with Crippen LogP contribution in [-0.2, 0) is 12.5 Å². The summed E-state index contributed by atoms with van der Waals surface area (Å²) in [6.45, 7) is 6.49. The molecule has 0 aliphatic heterocycles. The molecule has 0 saturated heterocycles. The Bertz CT molecular complexity index is 2160. The van der Waals surface area contributed by atoms with Crippen molar-refractivity contribution in [1.82, 2.24) is 19.5 Å². The molecule has 3 heterocycles. The van der Waals surface area contributed by atoms with Gasteiger partial charge in [-0.3, -0.25) is 4.98 Å². The van der Waals surface area contributed by atoms with Crippen molar-refractivity contribution >= 4 is 11.2 Å². The fraction of sp³-hybridized carbons (Fsp3) is 0.125. The van der Waals surface area contributed by atoms with E-state index in [1.807, 2.05) is 48.3 Å². The van der Waals surface area contributed by atoms with Crippen LogP contribution in [-0.4, -0.2) is 24.6 Å². The predicted octanol–water partition coefficient (Wildman–Crippen LogP) is 9.70. The molecule has 1 N–H and O–H groups in total. The van der Waals surface area contributed by atoms with Crippen LogP contribution in [0.2, 0.25) is 0 Å². The Labute approximate surface area is 263 Å². The minimum absolute atomic E-state index is 0.0617. The maximum atomic E-state index is 10.8. The standard InChI is InChI=1S/C40H34N4O/c1-40(2,3)32-17-18-36(45)34(25-32)38-43-37-33(20-22-42-39(37)44(38)4)30-11-8-12-31(23-30)35-24-29(19-21-41-35)28-15-13-27(14-16-28)26-9-6-5-7-10-26/h5-25,45H,1-4H3. The number of aromatic hydroxyl groups is 1. The Kier molecular flexibility index (Phi) is 7.01. The van der Waals surface area contributed by atoms with Crippen LogP contribution in [0.3, 0.4) is 0 Å². The van der Waals surface area contributed by atoms with E-state index in [-0.39, 0.29) is 11.2 Å². The summed E-state index contributed by atoms with van der Waals surface area (Å²) in [4.78, 5) is 14.5. The fourth-order valence-corrected chi connectivity index (χ4v) is 5.84. The van der Waals surface area contributed by atoms with E-state index in [0.717, 1.165) is 50.2 Å². The van der Waals surface area contributed by atoms with Crippen LogP contribution < -0.4 is 0 Å². The van der Waals surface area contributed by atoms with Crippen molar-refractivity contribution in [3.8, 4) is 61.8 Å². The first kappa shape index (κ1) is 28.2. The number of nitrogens with zero attached hydrogens (tertiary/aromatic N) is 4. The summed E-state index contributed by atoms with van der Waals surface area (Å²) in [5.41, 5.74) is 11.9. The summed E-state index contributed by atoms with van der Waals surface area (Å²) < 4.78 is 1.96. The Morgan fingerprint density at radius 1 is 0.578 bits per heavy atom. The maximum absolute atomic E-state index is 10.8. The van der Waals surface area contributed by atoms with Crippen molar-refractivity contribution in [2.24, 2.45) is 7.05 Å². The average molecular weight is 587 g/mol. The molecule has 7 rings (SSSR count). The number of hydrogen-bond acceptors (Lipinski definition) is 4. The third kappa shape index (κ3) is 5.38. The van der Waals surface area contributed by atoms with Gasteiger partial charge in [0.25, 0.3) is 0 Å². The number of phenolic OH excluding ortho intramolecular Hbond substituents is 1. The third-order valence-electron chi connectivity index (χ3n) is 8.42. The largest absolute Gasteiger partial charge is 0.507 e. The Hall–Kier alpha value is -5.55. The summed E-state index contributed by atoms with van der Waals surface area (Å²) in [6.07, 6.45) is 3.69. The van der Waals surface area contributed by atoms with Gasteiger partial charge >= 0.3 is 0 Å². The third-order valence-corrected chi connectivity index (χ3v) is 8.42. The number of imidazole rings is 1. The normalized spacial score (nSPS) is 11.6. The molecule has 0 atom stereocenters. The molecule has 4 aromatic carbocycles. The molecule has 0 aliphatic carbocycles. The second kappa shape index (κ2) is 11.2. The molecule has 220 valence electrons. The van der Waals surface area contributed by atoms with Crippen molar-refractivity contribution in [3.05, 3.63) is 133 Å². The van der Waals surface area contributed by atoms with Crippen molar-refractivity contribution in [1.29, 1.82) is 0 Å². The van der Waals surface area contributed by atoms with E-state index in [9.17, 15) is 5.11 Å². The Balaban J connectivity index is 1.25. The summed E-state index contributed by atoms with van der Waals surface area (Å²) in [5.74, 6) is 0.878. The lowest BCUT2D eigenvalue weighted by atomic mass is 9.86. The van der Waals surface area contributed by atoms with Gasteiger partial charge in [0.1, 0.15) is 17.1 Å². The molecule has 7 aromatic rings. The van der Waals surface area contributed by atoms with Crippen LogP contribution in [0.4, 0.5) is 0 Å². The van der Waals surface area contributed by atoms with Gasteiger partial charge < -0.3 is 9.67 Å². The summed E-state index contributed by atoms with van der Waals surface area (Å²) >= 11 is 0. The molecule has 0 bridgehead atoms. The van der Waals surface area contributed by atoms with Crippen LogP contribution in [0, 0.1) is 0 Å². The van der Waals surface area contributed by atoms with Gasteiger partial charge in [-0.05, 0) is 75.2 Å². The molecular weight excluding hydrogens is 552 g/mol. The molecule has 45 heavy (non-hydrogen) atoms. The maximum Gasteiger partial charge on any atom is 0.160 e. The topological polar surface area (TPSA) is 63.8 Å². The van der Waals surface area contributed by atoms with Gasteiger partial charge in [0, 0.05) is 30.6 Å². The minimum atomic E-state index is -0.0617. The molecule has 3 aromatic heterocycles. The Morgan fingerprint density at radius 2 is 1.24 bits per heavy atom. The molecule has 0 aliphatic rings. The molecule has 0 unspecified atom stereocenters. The van der Waals surface area contributed by atoms with Crippen LogP contribution in [0.15, 0.2) is 128 Å². The van der Waals surface area contributed by atoms with Gasteiger partial charge in [0.05, 0.1) is 11.3 Å². The highest BCUT2D eigenvalue weighted by Gasteiger charge is 2.21. The van der Waals surface area contributed by atoms with Gasteiger partial charge in [-0.15, -0.1) is 0 Å². The number of pyridine rings is 2. The lowest BCUT2D eigenvalue weighted by molar-refractivity contribution is 0.475. The number of hydrogen-bond donors (Lipinski definition) is 1. The quantitative estimate of drug-likeness (QED) is 0.218. The van der Waals surface area contributed by atoms with E-state index in [0.29, 0.717) is 11.4 Å². The highest BCUT2D eigenvalue weighted by Crippen LogP contribution is 2.37. The van der Waals surface area contributed by atoms with Gasteiger partial charge in [0.15, 0.2) is 5.65 Å². The number of benzene rings is 4. The molecule has 0 fully saturated rings. The van der Waals surface area contributed by atoms with Crippen molar-refractivity contribution in [3.63, 3.8) is 0 Å². The number of aromatic nitrogens is 4. The smallest absolute Gasteiger partial charge is 0.160 e. The number of fused-ring (bicyclic) bond motifs is 1. The fourth-order valence-electron chi connectivity index (χ4n) is 5.84. The van der Waals surface area contributed by atoms with E-state index in [1.165, 1.54) is 11.1 Å². The first-order valence-corrected chi connectivity index (χ1v) is 15.1. The van der Waals surface area contributed by atoms with Crippen LogP contribution >= 0.6 is 0 Å². The molecule has 0 amide bonds. The number of phenols is 1. The van der Waals surface area contributed by atoms with Crippen LogP contribution in [0.5, 0.6) is 5.75 Å². The van der Waals surface area contributed by atoms with E-state index >= 15 is 0 Å². The van der Waals surface area contributed by atoms with Crippen LogP contribution in [0.25, 0.3) is 67.2 Å². The van der Waals surface area contributed by atoms with E-state index in [1.54, 1.807) is 6.07 Å². The minimum Gasteiger partial charge on any atom is -0.507 e. The van der Waals surface area contributed by atoms with E-state index in [4.69, 9.17) is 9.97 Å². The summed E-state index contributed by atoms with van der Waals surface area (Å²) in [6, 6.07) is 39.4. The number of aryl methyl sites for hydroxylation is 1. The molecular formula is C40H34N4O. The number of rotatable bonds is 5. The zero-order chi connectivity index (χ0) is 31.1. The van der Waals surface area contributed by atoms with Crippen molar-refractivity contribution in [2.45, 2.75) is 26.2 Å². The second-order valence-corrected chi connectivity index (χ2v) is 12.5. The van der Waals surface area contributed by atoms with Gasteiger partial charge in [-0.2, -0.15) is 0 Å². The SMILES string of the molecule is Cn1c(-c2cc(C(C)(C)C)ccc2O)nc2c(-c3cccc(-c4cc(-c5ccc(-c6ccccc6)cc5)ccn4)c3)ccnc21. The highest BCUT2D eigenvalue weighted by molar-refractivity contribution is 5.93. The average Bonchev–Trinajstić information content (AvgIpc) is 3.41. The lowest BCUT2D eigenvalue weighted by Gasteiger charge is -2.20. The second-order valence-electron chi connectivity index (χ2n) is 12.5.